The Morgan fingerprint density at radius 2 is 2.31 bits per heavy atom. The first kappa shape index (κ1) is 18.7. The Labute approximate surface area is 155 Å². The molecule has 26 heavy (non-hydrogen) atoms. The van der Waals surface area contributed by atoms with Crippen molar-refractivity contribution in [3.8, 4) is 5.75 Å². The first-order valence-electron chi connectivity index (χ1n) is 8.42. The Morgan fingerprint density at radius 3 is 3.04 bits per heavy atom. The van der Waals surface area contributed by atoms with Gasteiger partial charge < -0.3 is 18.8 Å². The van der Waals surface area contributed by atoms with Crippen LogP contribution in [0.25, 0.3) is 0 Å². The zero-order chi connectivity index (χ0) is 18.5. The van der Waals surface area contributed by atoms with Gasteiger partial charge in [-0.2, -0.15) is 0 Å². The Hall–Kier alpha value is -2.12. The lowest BCUT2D eigenvalue weighted by Gasteiger charge is -2.26. The molecule has 0 unspecified atom stereocenters. The number of hydrogen-bond donors (Lipinski definition) is 0. The molecule has 2 heterocycles. The van der Waals surface area contributed by atoms with Crippen LogP contribution in [-0.2, 0) is 11.3 Å². The number of benzene rings is 1. The third-order valence-corrected chi connectivity index (χ3v) is 4.41. The summed E-state index contributed by atoms with van der Waals surface area (Å²) in [7, 11) is 1.71. The minimum absolute atomic E-state index is 0.0198. The summed E-state index contributed by atoms with van der Waals surface area (Å²) in [5, 5.41) is 0.153. The van der Waals surface area contributed by atoms with Crippen LogP contribution in [0.4, 0.5) is 4.39 Å². The average molecular weight is 383 g/mol. The van der Waals surface area contributed by atoms with Gasteiger partial charge >= 0.3 is 0 Å². The highest BCUT2D eigenvalue weighted by atomic mass is 35.5. The zero-order valence-corrected chi connectivity index (χ0v) is 15.2. The Morgan fingerprint density at radius 1 is 1.46 bits per heavy atom. The minimum atomic E-state index is -0.448. The summed E-state index contributed by atoms with van der Waals surface area (Å²) in [5.41, 5.74) is 0.201. The summed E-state index contributed by atoms with van der Waals surface area (Å²) >= 11 is 5.90. The summed E-state index contributed by atoms with van der Waals surface area (Å²) in [6, 6.07) is 3.82. The van der Waals surface area contributed by atoms with Gasteiger partial charge in [0.2, 0.25) is 5.89 Å². The van der Waals surface area contributed by atoms with Gasteiger partial charge in [-0.1, -0.05) is 11.6 Å². The quantitative estimate of drug-likeness (QED) is 0.762. The second-order valence-corrected chi connectivity index (χ2v) is 6.57. The third-order valence-electron chi connectivity index (χ3n) is 4.11. The van der Waals surface area contributed by atoms with Gasteiger partial charge in [-0.05, 0) is 37.5 Å². The second kappa shape index (κ2) is 8.51. The minimum Gasteiger partial charge on any atom is -0.482 e. The number of hydrogen-bond acceptors (Lipinski definition) is 5. The number of ether oxygens (including phenoxy) is 2. The summed E-state index contributed by atoms with van der Waals surface area (Å²) in [4.78, 5) is 18.2. The van der Waals surface area contributed by atoms with Gasteiger partial charge in [0.25, 0.3) is 5.91 Å². The van der Waals surface area contributed by atoms with Crippen molar-refractivity contribution in [3.05, 3.63) is 46.9 Å². The highest BCUT2D eigenvalue weighted by Gasteiger charge is 2.22. The highest BCUT2D eigenvalue weighted by molar-refractivity contribution is 6.32. The smallest absolute Gasteiger partial charge is 0.275 e. The molecule has 1 atom stereocenters. The molecule has 1 aromatic carbocycles. The van der Waals surface area contributed by atoms with Crippen molar-refractivity contribution in [1.82, 2.24) is 9.88 Å². The number of aromatic nitrogens is 1. The van der Waals surface area contributed by atoms with E-state index in [0.717, 1.165) is 31.9 Å². The molecule has 0 saturated carbocycles. The van der Waals surface area contributed by atoms with E-state index in [4.69, 9.17) is 25.5 Å². The van der Waals surface area contributed by atoms with E-state index in [0.29, 0.717) is 12.3 Å². The fourth-order valence-corrected chi connectivity index (χ4v) is 2.96. The average Bonchev–Trinajstić information content (AvgIpc) is 3.10. The number of nitrogens with zero attached hydrogens (tertiary/aromatic N) is 2. The van der Waals surface area contributed by atoms with Crippen LogP contribution in [-0.4, -0.2) is 42.1 Å². The van der Waals surface area contributed by atoms with Crippen LogP contribution < -0.4 is 4.74 Å². The highest BCUT2D eigenvalue weighted by Crippen LogP contribution is 2.25. The molecule has 0 N–H and O–H groups in total. The molecule has 1 amide bonds. The monoisotopic (exact) mass is 382 g/mol. The van der Waals surface area contributed by atoms with Crippen molar-refractivity contribution in [1.29, 1.82) is 0 Å². The van der Waals surface area contributed by atoms with Crippen LogP contribution >= 0.6 is 11.6 Å². The van der Waals surface area contributed by atoms with E-state index >= 15 is 0 Å². The van der Waals surface area contributed by atoms with Gasteiger partial charge in [-0.25, -0.2) is 9.37 Å². The van der Waals surface area contributed by atoms with Gasteiger partial charge in [0.1, 0.15) is 17.8 Å². The van der Waals surface area contributed by atoms with Gasteiger partial charge in [0, 0.05) is 20.2 Å². The van der Waals surface area contributed by atoms with Crippen LogP contribution in [0.15, 0.2) is 28.9 Å². The summed E-state index contributed by atoms with van der Waals surface area (Å²) in [6.07, 6.45) is 4.50. The Bertz CT molecular complexity index is 761. The number of carbonyl (C=O) groups excluding carboxylic acids is 1. The van der Waals surface area contributed by atoms with Gasteiger partial charge in [-0.15, -0.1) is 0 Å². The number of likely N-dealkylation sites (N-methyl/N-ethyl adjacent to an activating group) is 1. The first-order chi connectivity index (χ1) is 12.5. The number of carbonyl (C=O) groups is 1. The van der Waals surface area contributed by atoms with Gasteiger partial charge in [0.05, 0.1) is 11.1 Å². The second-order valence-electron chi connectivity index (χ2n) is 6.16. The molecule has 8 heteroatoms. The molecule has 1 aliphatic rings. The van der Waals surface area contributed by atoms with Crippen LogP contribution in [0, 0.1) is 5.82 Å². The molecule has 140 valence electrons. The third kappa shape index (κ3) is 4.74. The number of halogens is 2. The molecule has 1 aromatic heterocycles. The fourth-order valence-electron chi connectivity index (χ4n) is 2.74. The van der Waals surface area contributed by atoms with Crippen molar-refractivity contribution >= 4 is 17.5 Å². The van der Waals surface area contributed by atoms with Gasteiger partial charge in [0.15, 0.2) is 12.3 Å². The summed E-state index contributed by atoms with van der Waals surface area (Å²) in [6.45, 7) is 1.24. The molecule has 0 bridgehead atoms. The molecule has 1 fully saturated rings. The molecule has 1 saturated heterocycles. The number of amides is 1. The maximum absolute atomic E-state index is 13.0. The molecular weight excluding hydrogens is 363 g/mol. The van der Waals surface area contributed by atoms with E-state index in [-0.39, 0.29) is 35.2 Å². The molecule has 6 nitrogen and oxygen atoms in total. The van der Waals surface area contributed by atoms with E-state index in [2.05, 4.69) is 4.98 Å². The number of oxazole rings is 1. The maximum Gasteiger partial charge on any atom is 0.275 e. The fraction of sp³-hybridized carbons (Fsp3) is 0.444. The van der Waals surface area contributed by atoms with Crippen LogP contribution in [0.3, 0.4) is 0 Å². The summed E-state index contributed by atoms with van der Waals surface area (Å²) in [5.74, 6) is -0.146. The van der Waals surface area contributed by atoms with Crippen molar-refractivity contribution in [3.63, 3.8) is 0 Å². The first-order valence-corrected chi connectivity index (χ1v) is 8.80. The lowest BCUT2D eigenvalue weighted by molar-refractivity contribution is -0.000293. The van der Waals surface area contributed by atoms with Crippen molar-refractivity contribution in [2.45, 2.75) is 32.0 Å². The standard InChI is InChI=1S/C18H20ClFN2O4/c1-22(9-13-4-2-3-7-24-13)18(23)15-10-26-17(21-15)11-25-16-6-5-12(20)8-14(16)19/h5-6,8,10,13H,2-4,7,9,11H2,1H3/t13-/m1/s1. The molecule has 2 aromatic rings. The number of rotatable bonds is 6. The maximum atomic E-state index is 13.0. The van der Waals surface area contributed by atoms with Gasteiger partial charge in [-0.3, -0.25) is 4.79 Å². The summed E-state index contributed by atoms with van der Waals surface area (Å²) < 4.78 is 29.4. The van der Waals surface area contributed by atoms with E-state index in [9.17, 15) is 9.18 Å². The Balaban J connectivity index is 1.55. The lowest BCUT2D eigenvalue weighted by Crippen LogP contribution is -2.37. The molecule has 0 spiro atoms. The van der Waals surface area contributed by atoms with E-state index in [1.165, 1.54) is 18.4 Å². The van der Waals surface area contributed by atoms with Crippen LogP contribution in [0.5, 0.6) is 5.75 Å². The Kier molecular flexibility index (Phi) is 6.11. The molecule has 1 aliphatic heterocycles. The topological polar surface area (TPSA) is 64.8 Å². The van der Waals surface area contributed by atoms with Crippen molar-refractivity contribution in [2.75, 3.05) is 20.2 Å². The van der Waals surface area contributed by atoms with E-state index in [1.807, 2.05) is 0 Å². The van der Waals surface area contributed by atoms with Crippen molar-refractivity contribution in [2.24, 2.45) is 0 Å². The van der Waals surface area contributed by atoms with Crippen LogP contribution in [0.1, 0.15) is 35.6 Å². The predicted molar refractivity (Wildman–Crippen MR) is 92.8 cm³/mol. The lowest BCUT2D eigenvalue weighted by atomic mass is 10.1. The molecule has 0 radical (unpaired) electrons. The zero-order valence-electron chi connectivity index (χ0n) is 14.4. The van der Waals surface area contributed by atoms with Crippen LogP contribution in [0.2, 0.25) is 5.02 Å². The molecular formula is C18H20ClFN2O4. The molecule has 0 aliphatic carbocycles. The van der Waals surface area contributed by atoms with E-state index in [1.54, 1.807) is 11.9 Å². The predicted octanol–water partition coefficient (Wildman–Crippen LogP) is 3.69. The molecule has 3 rings (SSSR count). The van der Waals surface area contributed by atoms with Crippen molar-refractivity contribution < 1.29 is 23.1 Å². The largest absolute Gasteiger partial charge is 0.482 e. The SMILES string of the molecule is CN(C[C@H]1CCCCO1)C(=O)c1coc(COc2ccc(F)cc2Cl)n1. The van der Waals surface area contributed by atoms with E-state index < -0.39 is 5.82 Å². The normalized spacial score (nSPS) is 17.1.